The first-order chi connectivity index (χ1) is 6.84. The second kappa shape index (κ2) is 4.32. The molecule has 2 atom stereocenters. The summed E-state index contributed by atoms with van der Waals surface area (Å²) in [5.41, 5.74) is -0.127. The standard InChI is InChI=1S/C9H14O5S/c1-6(9(10)11)7-4-2-3-5-8(7)15(12,13)14/h7-8H,1-5H2,(H,10,11)(H,12,13,14). The number of aliphatic carboxylic acids is 1. The SMILES string of the molecule is C=C(C(=O)O)C1CCCCC1S(=O)(=O)O. The molecule has 1 fully saturated rings. The highest BCUT2D eigenvalue weighted by atomic mass is 32.2. The Kier molecular flexibility index (Phi) is 3.51. The van der Waals surface area contributed by atoms with Gasteiger partial charge in [-0.05, 0) is 12.8 Å². The molecule has 2 unspecified atom stereocenters. The highest BCUT2D eigenvalue weighted by molar-refractivity contribution is 7.86. The van der Waals surface area contributed by atoms with E-state index in [1.807, 2.05) is 0 Å². The van der Waals surface area contributed by atoms with E-state index < -0.39 is 27.3 Å². The first kappa shape index (κ1) is 12.2. The van der Waals surface area contributed by atoms with Gasteiger partial charge in [-0.2, -0.15) is 8.42 Å². The minimum atomic E-state index is -4.18. The zero-order valence-corrected chi connectivity index (χ0v) is 9.03. The van der Waals surface area contributed by atoms with Crippen molar-refractivity contribution in [3.8, 4) is 0 Å². The summed E-state index contributed by atoms with van der Waals surface area (Å²) in [6.07, 6.45) is 2.21. The summed E-state index contributed by atoms with van der Waals surface area (Å²) in [4.78, 5) is 10.7. The van der Waals surface area contributed by atoms with Gasteiger partial charge in [-0.3, -0.25) is 4.55 Å². The third-order valence-corrected chi connectivity index (χ3v) is 4.14. The summed E-state index contributed by atoms with van der Waals surface area (Å²) in [6, 6.07) is 0. The molecule has 0 bridgehead atoms. The van der Waals surface area contributed by atoms with Gasteiger partial charge in [0.25, 0.3) is 10.1 Å². The molecule has 0 heterocycles. The molecule has 0 aliphatic heterocycles. The monoisotopic (exact) mass is 234 g/mol. The average molecular weight is 234 g/mol. The number of carboxylic acid groups (broad SMARTS) is 1. The van der Waals surface area contributed by atoms with Gasteiger partial charge in [0.05, 0.1) is 5.25 Å². The molecule has 1 saturated carbocycles. The molecule has 0 aromatic heterocycles. The highest BCUT2D eigenvalue weighted by Gasteiger charge is 2.37. The minimum Gasteiger partial charge on any atom is -0.478 e. The molecule has 0 aromatic rings. The summed E-state index contributed by atoms with van der Waals surface area (Å²) in [7, 11) is -4.18. The van der Waals surface area contributed by atoms with Crippen molar-refractivity contribution in [2.24, 2.45) is 5.92 Å². The first-order valence-electron chi connectivity index (χ1n) is 4.72. The molecule has 15 heavy (non-hydrogen) atoms. The molecule has 0 amide bonds. The van der Waals surface area contributed by atoms with Crippen molar-refractivity contribution in [2.45, 2.75) is 30.9 Å². The Morgan fingerprint density at radius 3 is 2.27 bits per heavy atom. The zero-order chi connectivity index (χ0) is 11.6. The lowest BCUT2D eigenvalue weighted by Gasteiger charge is -2.29. The molecule has 0 spiro atoms. The van der Waals surface area contributed by atoms with Crippen LogP contribution in [0, 0.1) is 5.92 Å². The predicted octanol–water partition coefficient (Wildman–Crippen LogP) is 1.07. The van der Waals surface area contributed by atoms with Gasteiger partial charge in [0.1, 0.15) is 0 Å². The Morgan fingerprint density at radius 1 is 1.27 bits per heavy atom. The molecule has 0 aromatic carbocycles. The van der Waals surface area contributed by atoms with Crippen LogP contribution >= 0.6 is 0 Å². The minimum absolute atomic E-state index is 0.127. The molecule has 0 saturated heterocycles. The van der Waals surface area contributed by atoms with Crippen LogP contribution in [0.3, 0.4) is 0 Å². The Labute approximate surface area is 88.5 Å². The van der Waals surface area contributed by atoms with Gasteiger partial charge in [0, 0.05) is 11.5 Å². The van der Waals surface area contributed by atoms with Crippen LogP contribution in [0.2, 0.25) is 0 Å². The van der Waals surface area contributed by atoms with E-state index in [9.17, 15) is 13.2 Å². The van der Waals surface area contributed by atoms with Crippen molar-refractivity contribution in [3.05, 3.63) is 12.2 Å². The van der Waals surface area contributed by atoms with Gasteiger partial charge in [-0.15, -0.1) is 0 Å². The highest BCUT2D eigenvalue weighted by Crippen LogP contribution is 2.33. The Bertz CT molecular complexity index is 370. The summed E-state index contributed by atoms with van der Waals surface area (Å²) in [5, 5.41) is 7.74. The van der Waals surface area contributed by atoms with Gasteiger partial charge in [0.15, 0.2) is 0 Å². The van der Waals surface area contributed by atoms with Gasteiger partial charge < -0.3 is 5.11 Å². The van der Waals surface area contributed by atoms with Gasteiger partial charge in [-0.1, -0.05) is 19.4 Å². The molecule has 5 nitrogen and oxygen atoms in total. The van der Waals surface area contributed by atoms with E-state index in [0.717, 1.165) is 6.42 Å². The van der Waals surface area contributed by atoms with Crippen molar-refractivity contribution >= 4 is 16.1 Å². The third kappa shape index (κ3) is 2.79. The molecular formula is C9H14O5S. The molecule has 1 aliphatic carbocycles. The van der Waals surface area contributed by atoms with Crippen LogP contribution in [0.1, 0.15) is 25.7 Å². The molecule has 1 rings (SSSR count). The Balaban J connectivity index is 2.93. The second-order valence-corrected chi connectivity index (χ2v) is 5.41. The fourth-order valence-electron chi connectivity index (χ4n) is 2.01. The second-order valence-electron chi connectivity index (χ2n) is 3.77. The van der Waals surface area contributed by atoms with Crippen LogP contribution in [-0.2, 0) is 14.9 Å². The van der Waals surface area contributed by atoms with Crippen molar-refractivity contribution in [1.82, 2.24) is 0 Å². The Hall–Kier alpha value is -0.880. The van der Waals surface area contributed by atoms with E-state index in [1.165, 1.54) is 0 Å². The summed E-state index contributed by atoms with van der Waals surface area (Å²) in [6.45, 7) is 3.37. The number of hydrogen-bond donors (Lipinski definition) is 2. The first-order valence-corrected chi connectivity index (χ1v) is 6.22. The van der Waals surface area contributed by atoms with E-state index in [2.05, 4.69) is 6.58 Å². The van der Waals surface area contributed by atoms with Crippen LogP contribution in [0.5, 0.6) is 0 Å². The van der Waals surface area contributed by atoms with Crippen LogP contribution < -0.4 is 0 Å². The maximum absolute atomic E-state index is 11.0. The topological polar surface area (TPSA) is 91.7 Å². The van der Waals surface area contributed by atoms with E-state index in [0.29, 0.717) is 19.3 Å². The lowest BCUT2D eigenvalue weighted by atomic mass is 9.84. The maximum atomic E-state index is 11.0. The fourth-order valence-corrected chi connectivity index (χ4v) is 3.19. The molecule has 6 heteroatoms. The molecule has 0 radical (unpaired) electrons. The number of rotatable bonds is 3. The molecular weight excluding hydrogens is 220 g/mol. The molecule has 1 aliphatic rings. The van der Waals surface area contributed by atoms with E-state index in [-0.39, 0.29) is 5.57 Å². The predicted molar refractivity (Wildman–Crippen MR) is 54.1 cm³/mol. The number of carboxylic acids is 1. The van der Waals surface area contributed by atoms with Gasteiger partial charge in [-0.25, -0.2) is 4.79 Å². The van der Waals surface area contributed by atoms with Crippen LogP contribution in [0.25, 0.3) is 0 Å². The van der Waals surface area contributed by atoms with Crippen molar-refractivity contribution < 1.29 is 22.9 Å². The van der Waals surface area contributed by atoms with Crippen LogP contribution in [0.4, 0.5) is 0 Å². The quantitative estimate of drug-likeness (QED) is 0.563. The van der Waals surface area contributed by atoms with Crippen LogP contribution in [0.15, 0.2) is 12.2 Å². The summed E-state index contributed by atoms with van der Waals surface area (Å²) >= 11 is 0. The lowest BCUT2D eigenvalue weighted by molar-refractivity contribution is -0.133. The fraction of sp³-hybridized carbons (Fsp3) is 0.667. The lowest BCUT2D eigenvalue weighted by Crippen LogP contribution is -2.35. The smallest absolute Gasteiger partial charge is 0.331 e. The van der Waals surface area contributed by atoms with Gasteiger partial charge >= 0.3 is 5.97 Å². The largest absolute Gasteiger partial charge is 0.478 e. The normalized spacial score (nSPS) is 27.3. The zero-order valence-electron chi connectivity index (χ0n) is 8.22. The van der Waals surface area contributed by atoms with E-state index in [1.54, 1.807) is 0 Å². The third-order valence-electron chi connectivity index (χ3n) is 2.81. The van der Waals surface area contributed by atoms with E-state index >= 15 is 0 Å². The Morgan fingerprint density at radius 2 is 1.80 bits per heavy atom. The van der Waals surface area contributed by atoms with Crippen molar-refractivity contribution in [1.29, 1.82) is 0 Å². The summed E-state index contributed by atoms with van der Waals surface area (Å²) < 4.78 is 31.1. The maximum Gasteiger partial charge on any atom is 0.331 e. The van der Waals surface area contributed by atoms with Crippen molar-refractivity contribution in [2.75, 3.05) is 0 Å². The van der Waals surface area contributed by atoms with Crippen LogP contribution in [-0.4, -0.2) is 29.3 Å². The molecule has 86 valence electrons. The summed E-state index contributed by atoms with van der Waals surface area (Å²) in [5.74, 6) is -1.86. The average Bonchev–Trinajstić information content (AvgIpc) is 2.15. The van der Waals surface area contributed by atoms with Crippen molar-refractivity contribution in [3.63, 3.8) is 0 Å². The number of carbonyl (C=O) groups is 1. The van der Waals surface area contributed by atoms with Gasteiger partial charge in [0.2, 0.25) is 0 Å². The van der Waals surface area contributed by atoms with E-state index in [4.69, 9.17) is 9.66 Å². The number of hydrogen-bond acceptors (Lipinski definition) is 3. The molecule has 2 N–H and O–H groups in total.